The first-order chi connectivity index (χ1) is 13.1. The monoisotopic (exact) mass is 430 g/mol. The Labute approximate surface area is 164 Å². The maximum Gasteiger partial charge on any atom is 0.258 e. The van der Waals surface area contributed by atoms with Gasteiger partial charge in [0.25, 0.3) is 11.5 Å². The van der Waals surface area contributed by atoms with E-state index in [1.165, 1.54) is 22.9 Å². The maximum absolute atomic E-state index is 12.6. The molecule has 140 valence electrons. The van der Waals surface area contributed by atoms with Crippen molar-refractivity contribution in [1.82, 2.24) is 14.3 Å². The smallest absolute Gasteiger partial charge is 0.258 e. The predicted molar refractivity (Wildman–Crippen MR) is 106 cm³/mol. The number of rotatable bonds is 7. The number of amides is 1. The summed E-state index contributed by atoms with van der Waals surface area (Å²) in [6, 6.07) is 12.5. The summed E-state index contributed by atoms with van der Waals surface area (Å²) in [6.45, 7) is 1.29. The molecule has 2 heterocycles. The Balaban J connectivity index is 1.77. The summed E-state index contributed by atoms with van der Waals surface area (Å²) >= 11 is 3.52. The highest BCUT2D eigenvalue weighted by molar-refractivity contribution is 9.10. The van der Waals surface area contributed by atoms with Crippen LogP contribution in [-0.4, -0.2) is 34.0 Å². The van der Waals surface area contributed by atoms with Crippen molar-refractivity contribution in [2.45, 2.75) is 13.1 Å². The number of pyridine rings is 1. The Morgan fingerprint density at radius 2 is 2.04 bits per heavy atom. The van der Waals surface area contributed by atoms with Crippen molar-refractivity contribution < 1.29 is 9.53 Å². The van der Waals surface area contributed by atoms with Crippen LogP contribution in [0.2, 0.25) is 0 Å². The minimum Gasteiger partial charge on any atom is -0.383 e. The average Bonchev–Trinajstić information content (AvgIpc) is 3.09. The second-order valence-electron chi connectivity index (χ2n) is 5.86. The van der Waals surface area contributed by atoms with Gasteiger partial charge in [-0.2, -0.15) is 5.10 Å². The van der Waals surface area contributed by atoms with Crippen molar-refractivity contribution in [3.8, 4) is 0 Å². The molecule has 27 heavy (non-hydrogen) atoms. The molecule has 0 bridgehead atoms. The number of anilines is 1. The molecule has 0 aliphatic rings. The van der Waals surface area contributed by atoms with E-state index in [2.05, 4.69) is 26.3 Å². The van der Waals surface area contributed by atoms with E-state index in [-0.39, 0.29) is 11.5 Å². The van der Waals surface area contributed by atoms with Crippen LogP contribution in [0.3, 0.4) is 0 Å². The number of halogens is 1. The van der Waals surface area contributed by atoms with Gasteiger partial charge in [0, 0.05) is 36.5 Å². The molecule has 3 rings (SSSR count). The van der Waals surface area contributed by atoms with Gasteiger partial charge in [-0.05, 0) is 17.7 Å². The van der Waals surface area contributed by atoms with Crippen LogP contribution in [0.1, 0.15) is 15.9 Å². The van der Waals surface area contributed by atoms with E-state index in [1.54, 1.807) is 24.1 Å². The molecule has 0 saturated heterocycles. The molecule has 0 atom stereocenters. The summed E-state index contributed by atoms with van der Waals surface area (Å²) in [4.78, 5) is 24.5. The number of methoxy groups -OCH3 is 1. The lowest BCUT2D eigenvalue weighted by atomic mass is 10.2. The fraction of sp³-hybridized carbons (Fsp3) is 0.211. The van der Waals surface area contributed by atoms with Gasteiger partial charge in [0.05, 0.1) is 24.9 Å². The van der Waals surface area contributed by atoms with Gasteiger partial charge in [-0.25, -0.2) is 4.68 Å². The molecule has 1 aromatic carbocycles. The van der Waals surface area contributed by atoms with E-state index in [0.717, 1.165) is 10.0 Å². The van der Waals surface area contributed by atoms with E-state index in [0.29, 0.717) is 31.1 Å². The van der Waals surface area contributed by atoms with Crippen LogP contribution in [0.25, 0.3) is 0 Å². The molecule has 0 radical (unpaired) electrons. The highest BCUT2D eigenvalue weighted by Gasteiger charge is 2.12. The lowest BCUT2D eigenvalue weighted by Crippen LogP contribution is -2.24. The second kappa shape index (κ2) is 8.79. The topological polar surface area (TPSA) is 78.2 Å². The van der Waals surface area contributed by atoms with Gasteiger partial charge >= 0.3 is 0 Å². The molecule has 7 nitrogen and oxygen atoms in total. The Bertz CT molecular complexity index is 996. The minimum absolute atomic E-state index is 0.178. The Morgan fingerprint density at radius 3 is 2.81 bits per heavy atom. The van der Waals surface area contributed by atoms with Gasteiger partial charge in [-0.3, -0.25) is 9.59 Å². The lowest BCUT2D eigenvalue weighted by Gasteiger charge is -2.11. The zero-order valence-corrected chi connectivity index (χ0v) is 16.3. The molecule has 2 aromatic heterocycles. The molecule has 8 heteroatoms. The van der Waals surface area contributed by atoms with Gasteiger partial charge in [-0.15, -0.1) is 0 Å². The lowest BCUT2D eigenvalue weighted by molar-refractivity contribution is 0.102. The number of nitrogens with zero attached hydrogens (tertiary/aromatic N) is 3. The van der Waals surface area contributed by atoms with E-state index >= 15 is 0 Å². The second-order valence-corrected chi connectivity index (χ2v) is 6.72. The van der Waals surface area contributed by atoms with E-state index in [4.69, 9.17) is 4.74 Å². The molecule has 1 N–H and O–H groups in total. The molecule has 0 saturated carbocycles. The van der Waals surface area contributed by atoms with Crippen molar-refractivity contribution in [3.05, 3.63) is 80.8 Å². The fourth-order valence-corrected chi connectivity index (χ4v) is 2.98. The first kappa shape index (κ1) is 19.1. The number of ether oxygens (including phenoxy) is 1. The Kier molecular flexibility index (Phi) is 6.20. The SMILES string of the molecule is COCCn1cc(C(=O)Nc2ccnn2Cc2ccccc2Br)ccc1=O. The van der Waals surface area contributed by atoms with Crippen LogP contribution in [0.15, 0.2) is 64.1 Å². The van der Waals surface area contributed by atoms with Gasteiger partial charge in [0.1, 0.15) is 5.82 Å². The summed E-state index contributed by atoms with van der Waals surface area (Å²) in [6.07, 6.45) is 3.16. The third kappa shape index (κ3) is 4.72. The van der Waals surface area contributed by atoms with E-state index in [9.17, 15) is 9.59 Å². The number of hydrogen-bond donors (Lipinski definition) is 1. The van der Waals surface area contributed by atoms with Crippen LogP contribution >= 0.6 is 15.9 Å². The van der Waals surface area contributed by atoms with Crippen molar-refractivity contribution in [3.63, 3.8) is 0 Å². The number of carbonyl (C=O) groups excluding carboxylic acids is 1. The predicted octanol–water partition coefficient (Wildman–Crippen LogP) is 2.75. The molecule has 0 fully saturated rings. The molecule has 0 spiro atoms. The number of hydrogen-bond acceptors (Lipinski definition) is 4. The normalized spacial score (nSPS) is 10.7. The molecule has 1 amide bonds. The zero-order chi connectivity index (χ0) is 19.2. The summed E-state index contributed by atoms with van der Waals surface area (Å²) in [7, 11) is 1.56. The zero-order valence-electron chi connectivity index (χ0n) is 14.8. The van der Waals surface area contributed by atoms with Crippen molar-refractivity contribution in [2.75, 3.05) is 19.0 Å². The van der Waals surface area contributed by atoms with Crippen molar-refractivity contribution >= 4 is 27.7 Å². The van der Waals surface area contributed by atoms with Crippen molar-refractivity contribution in [2.24, 2.45) is 0 Å². The average molecular weight is 431 g/mol. The molecular weight excluding hydrogens is 412 g/mol. The largest absolute Gasteiger partial charge is 0.383 e. The van der Waals surface area contributed by atoms with Gasteiger partial charge in [-0.1, -0.05) is 34.1 Å². The fourth-order valence-electron chi connectivity index (χ4n) is 2.57. The maximum atomic E-state index is 12.6. The van der Waals surface area contributed by atoms with E-state index in [1.807, 2.05) is 24.3 Å². The Hall–Kier alpha value is -2.71. The third-order valence-corrected chi connectivity index (χ3v) is 4.79. The number of nitrogens with one attached hydrogen (secondary N) is 1. The molecule has 0 aliphatic carbocycles. The van der Waals surface area contributed by atoms with E-state index < -0.39 is 0 Å². The quantitative estimate of drug-likeness (QED) is 0.624. The number of aromatic nitrogens is 3. The standard InChI is InChI=1S/C19H19BrN4O3/c1-27-11-10-23-12-15(6-7-18(23)25)19(26)22-17-8-9-21-24(17)13-14-4-2-3-5-16(14)20/h2-9,12H,10-11,13H2,1H3,(H,22,26). The van der Waals surface area contributed by atoms with Crippen LogP contribution in [0, 0.1) is 0 Å². The molecule has 0 aliphatic heterocycles. The molecular formula is C19H19BrN4O3. The summed E-state index contributed by atoms with van der Waals surface area (Å²) in [5.41, 5.74) is 1.26. The van der Waals surface area contributed by atoms with Crippen LogP contribution in [-0.2, 0) is 17.8 Å². The number of carbonyl (C=O) groups is 1. The van der Waals surface area contributed by atoms with Crippen LogP contribution in [0.5, 0.6) is 0 Å². The van der Waals surface area contributed by atoms with Gasteiger partial charge in [0.2, 0.25) is 0 Å². The van der Waals surface area contributed by atoms with Crippen LogP contribution < -0.4 is 10.9 Å². The van der Waals surface area contributed by atoms with Crippen LogP contribution in [0.4, 0.5) is 5.82 Å². The molecule has 3 aromatic rings. The molecule has 0 unspecified atom stereocenters. The highest BCUT2D eigenvalue weighted by Crippen LogP contribution is 2.19. The summed E-state index contributed by atoms with van der Waals surface area (Å²) in [5.74, 6) is 0.264. The highest BCUT2D eigenvalue weighted by atomic mass is 79.9. The number of benzene rings is 1. The van der Waals surface area contributed by atoms with Gasteiger partial charge < -0.3 is 14.6 Å². The minimum atomic E-state index is -0.310. The first-order valence-electron chi connectivity index (χ1n) is 8.34. The summed E-state index contributed by atoms with van der Waals surface area (Å²) in [5, 5.41) is 7.13. The van der Waals surface area contributed by atoms with Crippen molar-refractivity contribution in [1.29, 1.82) is 0 Å². The van der Waals surface area contributed by atoms with Gasteiger partial charge in [0.15, 0.2) is 0 Å². The first-order valence-corrected chi connectivity index (χ1v) is 9.14. The third-order valence-electron chi connectivity index (χ3n) is 4.02. The summed E-state index contributed by atoms with van der Waals surface area (Å²) < 4.78 is 9.13. The Morgan fingerprint density at radius 1 is 1.22 bits per heavy atom.